The molecule has 18 heavy (non-hydrogen) atoms. The van der Waals surface area contributed by atoms with E-state index in [-0.39, 0.29) is 11.1 Å². The van der Waals surface area contributed by atoms with Crippen molar-refractivity contribution >= 4 is 11.9 Å². The van der Waals surface area contributed by atoms with Crippen molar-refractivity contribution in [2.45, 2.75) is 0 Å². The van der Waals surface area contributed by atoms with Gasteiger partial charge in [0, 0.05) is 24.2 Å². The van der Waals surface area contributed by atoms with E-state index in [0.717, 1.165) is 0 Å². The minimum absolute atomic E-state index is 0.0214. The summed E-state index contributed by atoms with van der Waals surface area (Å²) in [6, 6.07) is 4.36. The first-order valence-electron chi connectivity index (χ1n) is 4.96. The quantitative estimate of drug-likeness (QED) is 0.849. The highest BCUT2D eigenvalue weighted by Gasteiger charge is 2.13. The van der Waals surface area contributed by atoms with Crippen molar-refractivity contribution in [2.75, 3.05) is 0 Å². The van der Waals surface area contributed by atoms with Crippen molar-refractivity contribution in [1.29, 1.82) is 0 Å². The molecule has 0 fully saturated rings. The Morgan fingerprint density at radius 2 is 1.78 bits per heavy atom. The van der Waals surface area contributed by atoms with E-state index in [9.17, 15) is 9.59 Å². The van der Waals surface area contributed by atoms with Gasteiger partial charge in [0.2, 0.25) is 0 Å². The molecule has 0 bridgehead atoms. The lowest BCUT2D eigenvalue weighted by atomic mass is 10.1. The molecular formula is C12H8N2O4. The van der Waals surface area contributed by atoms with E-state index in [4.69, 9.17) is 10.2 Å². The van der Waals surface area contributed by atoms with Crippen LogP contribution in [-0.2, 0) is 0 Å². The van der Waals surface area contributed by atoms with Crippen LogP contribution in [0.25, 0.3) is 11.3 Å². The molecule has 2 heterocycles. The summed E-state index contributed by atoms with van der Waals surface area (Å²) in [6.07, 6.45) is 3.86. The van der Waals surface area contributed by atoms with E-state index in [2.05, 4.69) is 9.97 Å². The Bertz CT molecular complexity index is 608. The summed E-state index contributed by atoms with van der Waals surface area (Å²) in [6.45, 7) is 0. The Morgan fingerprint density at radius 3 is 2.33 bits per heavy atom. The predicted molar refractivity (Wildman–Crippen MR) is 61.4 cm³/mol. The fourth-order valence-electron chi connectivity index (χ4n) is 1.47. The number of rotatable bonds is 3. The van der Waals surface area contributed by atoms with E-state index in [1.165, 1.54) is 36.8 Å². The van der Waals surface area contributed by atoms with E-state index >= 15 is 0 Å². The predicted octanol–water partition coefficient (Wildman–Crippen LogP) is 1.54. The summed E-state index contributed by atoms with van der Waals surface area (Å²) >= 11 is 0. The lowest BCUT2D eigenvalue weighted by Crippen LogP contribution is -2.02. The Kier molecular flexibility index (Phi) is 3.01. The molecule has 0 radical (unpaired) electrons. The molecule has 6 nitrogen and oxygen atoms in total. The Hall–Kier alpha value is -2.76. The molecule has 0 aliphatic carbocycles. The molecule has 0 aromatic carbocycles. The van der Waals surface area contributed by atoms with Crippen molar-refractivity contribution < 1.29 is 19.8 Å². The number of hydrogen-bond donors (Lipinski definition) is 2. The fourth-order valence-corrected chi connectivity index (χ4v) is 1.47. The number of carbonyl (C=O) groups is 2. The van der Waals surface area contributed by atoms with Gasteiger partial charge < -0.3 is 10.2 Å². The fraction of sp³-hybridized carbons (Fsp3) is 0. The minimum Gasteiger partial charge on any atom is -0.478 e. The van der Waals surface area contributed by atoms with Crippen molar-refractivity contribution in [3.05, 3.63) is 47.9 Å². The molecule has 6 heteroatoms. The lowest BCUT2D eigenvalue weighted by Gasteiger charge is -2.04. The van der Waals surface area contributed by atoms with Crippen molar-refractivity contribution in [2.24, 2.45) is 0 Å². The van der Waals surface area contributed by atoms with E-state index in [1.54, 1.807) is 0 Å². The maximum atomic E-state index is 11.0. The Balaban J connectivity index is 2.49. The highest BCUT2D eigenvalue weighted by Crippen LogP contribution is 2.20. The zero-order chi connectivity index (χ0) is 13.1. The van der Waals surface area contributed by atoms with Gasteiger partial charge in [-0.3, -0.25) is 9.97 Å². The highest BCUT2D eigenvalue weighted by atomic mass is 16.4. The Labute approximate surface area is 102 Å². The Morgan fingerprint density at radius 1 is 1.00 bits per heavy atom. The molecule has 2 N–H and O–H groups in total. The molecule has 0 aliphatic rings. The van der Waals surface area contributed by atoms with Gasteiger partial charge in [0.1, 0.15) is 0 Å². The van der Waals surface area contributed by atoms with Gasteiger partial charge in [-0.25, -0.2) is 9.59 Å². The molecule has 0 aliphatic heterocycles. The normalized spacial score (nSPS) is 10.0. The molecule has 0 spiro atoms. The van der Waals surface area contributed by atoms with Gasteiger partial charge >= 0.3 is 11.9 Å². The SMILES string of the molecule is O=C(O)c1ccc(-c2ccncc2C(=O)O)nc1. The van der Waals surface area contributed by atoms with Gasteiger partial charge in [0.05, 0.1) is 16.8 Å². The first kappa shape index (κ1) is 11.7. The molecule has 90 valence electrons. The van der Waals surface area contributed by atoms with Gasteiger partial charge in [-0.15, -0.1) is 0 Å². The minimum atomic E-state index is -1.11. The van der Waals surface area contributed by atoms with Crippen LogP contribution in [0.2, 0.25) is 0 Å². The molecular weight excluding hydrogens is 236 g/mol. The van der Waals surface area contributed by atoms with Gasteiger partial charge in [-0.05, 0) is 18.2 Å². The standard InChI is InChI=1S/C12H8N2O4/c15-11(16)7-1-2-10(14-5-7)8-3-4-13-6-9(8)12(17)18/h1-6H,(H,15,16)(H,17,18). The van der Waals surface area contributed by atoms with Crippen molar-refractivity contribution in [1.82, 2.24) is 9.97 Å². The second-order valence-corrected chi connectivity index (χ2v) is 3.46. The maximum Gasteiger partial charge on any atom is 0.337 e. The molecule has 0 unspecified atom stereocenters. The van der Waals surface area contributed by atoms with Gasteiger partial charge in [0.25, 0.3) is 0 Å². The summed E-state index contributed by atoms with van der Waals surface area (Å²) in [5, 5.41) is 17.8. The number of nitrogens with zero attached hydrogens (tertiary/aromatic N) is 2. The largest absolute Gasteiger partial charge is 0.478 e. The monoisotopic (exact) mass is 244 g/mol. The van der Waals surface area contributed by atoms with Gasteiger partial charge in [-0.2, -0.15) is 0 Å². The third-order valence-electron chi connectivity index (χ3n) is 2.34. The summed E-state index contributed by atoms with van der Waals surface area (Å²) < 4.78 is 0. The van der Waals surface area contributed by atoms with Crippen LogP contribution < -0.4 is 0 Å². The number of carboxylic acids is 2. The second kappa shape index (κ2) is 4.62. The van der Waals surface area contributed by atoms with E-state index < -0.39 is 11.9 Å². The average Bonchev–Trinajstić information content (AvgIpc) is 2.39. The zero-order valence-corrected chi connectivity index (χ0v) is 9.07. The van der Waals surface area contributed by atoms with Crippen LogP contribution in [0.3, 0.4) is 0 Å². The van der Waals surface area contributed by atoms with Crippen molar-refractivity contribution in [3.8, 4) is 11.3 Å². The van der Waals surface area contributed by atoms with Crippen LogP contribution in [-0.4, -0.2) is 32.1 Å². The second-order valence-electron chi connectivity index (χ2n) is 3.46. The van der Waals surface area contributed by atoms with Crippen LogP contribution in [0, 0.1) is 0 Å². The lowest BCUT2D eigenvalue weighted by molar-refractivity contribution is 0.0685. The molecule has 2 aromatic rings. The van der Waals surface area contributed by atoms with Crippen LogP contribution in [0.1, 0.15) is 20.7 Å². The average molecular weight is 244 g/mol. The number of hydrogen-bond acceptors (Lipinski definition) is 4. The molecule has 0 saturated carbocycles. The molecule has 0 saturated heterocycles. The van der Waals surface area contributed by atoms with E-state index in [0.29, 0.717) is 11.3 Å². The van der Waals surface area contributed by atoms with Gasteiger partial charge in [-0.1, -0.05) is 0 Å². The molecule has 0 amide bonds. The van der Waals surface area contributed by atoms with E-state index in [1.807, 2.05) is 0 Å². The summed E-state index contributed by atoms with van der Waals surface area (Å²) in [5.74, 6) is -2.19. The van der Waals surface area contributed by atoms with Crippen LogP contribution in [0.15, 0.2) is 36.8 Å². The summed E-state index contributed by atoms with van der Waals surface area (Å²) in [4.78, 5) is 29.4. The smallest absolute Gasteiger partial charge is 0.337 e. The van der Waals surface area contributed by atoms with Gasteiger partial charge in [0.15, 0.2) is 0 Å². The topological polar surface area (TPSA) is 100 Å². The first-order chi connectivity index (χ1) is 8.59. The number of pyridine rings is 2. The summed E-state index contributed by atoms with van der Waals surface area (Å²) in [5.41, 5.74) is 0.854. The number of carboxylic acid groups (broad SMARTS) is 2. The maximum absolute atomic E-state index is 11.0. The summed E-state index contributed by atoms with van der Waals surface area (Å²) in [7, 11) is 0. The van der Waals surface area contributed by atoms with Crippen molar-refractivity contribution in [3.63, 3.8) is 0 Å². The molecule has 0 atom stereocenters. The highest BCUT2D eigenvalue weighted by molar-refractivity contribution is 5.95. The van der Waals surface area contributed by atoms with Crippen LogP contribution in [0.4, 0.5) is 0 Å². The third kappa shape index (κ3) is 2.17. The van der Waals surface area contributed by atoms with Crippen LogP contribution >= 0.6 is 0 Å². The third-order valence-corrected chi connectivity index (χ3v) is 2.34. The zero-order valence-electron chi connectivity index (χ0n) is 9.07. The molecule has 2 rings (SSSR count). The first-order valence-corrected chi connectivity index (χ1v) is 4.96. The molecule has 2 aromatic heterocycles. The number of aromatic nitrogens is 2. The number of aromatic carboxylic acids is 2. The van der Waals surface area contributed by atoms with Crippen LogP contribution in [0.5, 0.6) is 0 Å².